The Kier molecular flexibility index (Phi) is 9.78. The smallest absolute Gasteiger partial charge is 0.271 e. The van der Waals surface area contributed by atoms with Gasteiger partial charge in [-0.3, -0.25) is 24.0 Å². The molecule has 0 saturated heterocycles. The molecule has 3 aromatic rings. The molecule has 0 heterocycles. The number of nitro groups is 1. The molecule has 0 radical (unpaired) electrons. The normalized spacial score (nSPS) is 11.9. The van der Waals surface area contributed by atoms with Crippen LogP contribution in [-0.4, -0.2) is 55.4 Å². The molecule has 10 nitrogen and oxygen atoms in total. The maximum atomic E-state index is 13.9. The molecule has 0 aromatic heterocycles. The average Bonchev–Trinajstić information content (AvgIpc) is 2.90. The van der Waals surface area contributed by atoms with Gasteiger partial charge in [0.1, 0.15) is 12.6 Å². The SMILES string of the molecule is CCNC(=O)[C@@H](Cc1ccccc1)N(Cc1ccc(C)cc1)C(=O)CN(c1cccc([N+](=O)[O-])c1)S(C)(=O)=O. The van der Waals surface area contributed by atoms with Crippen molar-refractivity contribution in [2.75, 3.05) is 23.7 Å². The van der Waals surface area contributed by atoms with Crippen molar-refractivity contribution in [1.82, 2.24) is 10.2 Å². The molecule has 0 spiro atoms. The largest absolute Gasteiger partial charge is 0.355 e. The lowest BCUT2D eigenvalue weighted by molar-refractivity contribution is -0.384. The summed E-state index contributed by atoms with van der Waals surface area (Å²) in [7, 11) is -4.02. The number of rotatable bonds is 12. The number of hydrogen-bond donors (Lipinski definition) is 1. The number of sulfonamides is 1. The molecule has 11 heteroatoms. The minimum atomic E-state index is -4.02. The summed E-state index contributed by atoms with van der Waals surface area (Å²) in [5.74, 6) is -0.997. The Hall–Kier alpha value is -4.25. The molecular formula is C28H32N4O6S. The Labute approximate surface area is 228 Å². The van der Waals surface area contributed by atoms with Gasteiger partial charge in [-0.15, -0.1) is 0 Å². The lowest BCUT2D eigenvalue weighted by atomic mass is 10.0. The molecule has 0 bridgehead atoms. The number of non-ortho nitro benzene ring substituents is 1. The van der Waals surface area contributed by atoms with Crippen molar-refractivity contribution < 1.29 is 22.9 Å². The standard InChI is InChI=1S/C28H32N4O6S/c1-4-29-28(34)26(17-22-9-6-5-7-10-22)30(19-23-15-13-21(2)14-16-23)27(33)20-31(39(3,37)38)24-11-8-12-25(18-24)32(35)36/h5-16,18,26H,4,17,19-20H2,1-3H3,(H,29,34)/t26-/m1/s1. The van der Waals surface area contributed by atoms with Crippen molar-refractivity contribution >= 4 is 33.2 Å². The van der Waals surface area contributed by atoms with Gasteiger partial charge in [-0.05, 0) is 31.0 Å². The topological polar surface area (TPSA) is 130 Å². The fraction of sp³-hybridized carbons (Fsp3) is 0.286. The zero-order valence-electron chi connectivity index (χ0n) is 22.1. The third kappa shape index (κ3) is 8.11. The van der Waals surface area contributed by atoms with Crippen LogP contribution in [0.15, 0.2) is 78.9 Å². The first kappa shape index (κ1) is 29.3. The van der Waals surface area contributed by atoms with E-state index in [1.807, 2.05) is 61.5 Å². The number of nitrogens with one attached hydrogen (secondary N) is 1. The van der Waals surface area contributed by atoms with Gasteiger partial charge in [-0.1, -0.05) is 66.2 Å². The molecule has 3 aromatic carbocycles. The molecule has 1 N–H and O–H groups in total. The van der Waals surface area contributed by atoms with Gasteiger partial charge in [0, 0.05) is 31.6 Å². The van der Waals surface area contributed by atoms with Crippen LogP contribution in [0.4, 0.5) is 11.4 Å². The van der Waals surface area contributed by atoms with Gasteiger partial charge >= 0.3 is 0 Å². The first-order chi connectivity index (χ1) is 18.5. The van der Waals surface area contributed by atoms with Gasteiger partial charge in [-0.2, -0.15) is 0 Å². The van der Waals surface area contributed by atoms with E-state index in [1.54, 1.807) is 6.92 Å². The third-order valence-corrected chi connectivity index (χ3v) is 7.24. The van der Waals surface area contributed by atoms with Crippen molar-refractivity contribution in [3.63, 3.8) is 0 Å². The first-order valence-electron chi connectivity index (χ1n) is 12.4. The van der Waals surface area contributed by atoms with E-state index >= 15 is 0 Å². The molecule has 0 unspecified atom stereocenters. The van der Waals surface area contributed by atoms with E-state index in [0.717, 1.165) is 33.3 Å². The number of anilines is 1. The molecule has 0 aliphatic heterocycles. The summed E-state index contributed by atoms with van der Waals surface area (Å²) in [6.45, 7) is 3.47. The number of hydrogen-bond acceptors (Lipinski definition) is 6. The molecule has 0 saturated carbocycles. The van der Waals surface area contributed by atoms with Crippen LogP contribution in [0.2, 0.25) is 0 Å². The van der Waals surface area contributed by atoms with Gasteiger partial charge in [0.2, 0.25) is 21.8 Å². The number of amides is 2. The molecule has 39 heavy (non-hydrogen) atoms. The number of benzene rings is 3. The second kappa shape index (κ2) is 13.0. The van der Waals surface area contributed by atoms with Crippen LogP contribution in [-0.2, 0) is 32.6 Å². The molecule has 3 rings (SSSR count). The Balaban J connectivity index is 2.05. The molecule has 0 aliphatic rings. The lowest BCUT2D eigenvalue weighted by Crippen LogP contribution is -2.53. The Morgan fingerprint density at radius 2 is 1.64 bits per heavy atom. The summed E-state index contributed by atoms with van der Waals surface area (Å²) < 4.78 is 26.4. The Morgan fingerprint density at radius 3 is 2.23 bits per heavy atom. The summed E-state index contributed by atoms with van der Waals surface area (Å²) in [4.78, 5) is 39.2. The van der Waals surface area contributed by atoms with Crippen LogP contribution in [0.1, 0.15) is 23.6 Å². The van der Waals surface area contributed by atoms with Gasteiger partial charge in [-0.25, -0.2) is 8.42 Å². The predicted octanol–water partition coefficient (Wildman–Crippen LogP) is 3.45. The second-order valence-corrected chi connectivity index (χ2v) is 11.1. The van der Waals surface area contributed by atoms with Gasteiger partial charge in [0.15, 0.2) is 0 Å². The molecular weight excluding hydrogens is 520 g/mol. The van der Waals surface area contributed by atoms with Crippen molar-refractivity contribution in [2.45, 2.75) is 32.9 Å². The van der Waals surface area contributed by atoms with Crippen molar-refractivity contribution in [3.05, 3.63) is 106 Å². The Morgan fingerprint density at radius 1 is 0.974 bits per heavy atom. The zero-order valence-corrected chi connectivity index (χ0v) is 22.9. The lowest BCUT2D eigenvalue weighted by Gasteiger charge is -2.33. The maximum Gasteiger partial charge on any atom is 0.271 e. The number of carbonyl (C=O) groups excluding carboxylic acids is 2. The predicted molar refractivity (Wildman–Crippen MR) is 150 cm³/mol. The van der Waals surface area contributed by atoms with E-state index < -0.39 is 33.4 Å². The molecule has 1 atom stereocenters. The van der Waals surface area contributed by atoms with Crippen LogP contribution < -0.4 is 9.62 Å². The summed E-state index contributed by atoms with van der Waals surface area (Å²) >= 11 is 0. The summed E-state index contributed by atoms with van der Waals surface area (Å²) in [6, 6.07) is 20.9. The molecule has 0 aliphatic carbocycles. The fourth-order valence-electron chi connectivity index (χ4n) is 4.11. The van der Waals surface area contributed by atoms with E-state index in [0.29, 0.717) is 6.54 Å². The Bertz CT molecular complexity index is 1410. The summed E-state index contributed by atoms with van der Waals surface area (Å²) in [6.07, 6.45) is 1.13. The highest BCUT2D eigenvalue weighted by Gasteiger charge is 2.33. The van der Waals surface area contributed by atoms with E-state index in [4.69, 9.17) is 0 Å². The van der Waals surface area contributed by atoms with E-state index in [2.05, 4.69) is 5.32 Å². The minimum Gasteiger partial charge on any atom is -0.355 e. The minimum absolute atomic E-state index is 0.0204. The number of nitrogens with zero attached hydrogens (tertiary/aromatic N) is 3. The van der Waals surface area contributed by atoms with Gasteiger partial charge in [0.05, 0.1) is 16.9 Å². The monoisotopic (exact) mass is 552 g/mol. The number of likely N-dealkylation sites (N-methyl/N-ethyl adjacent to an activating group) is 1. The quantitative estimate of drug-likeness (QED) is 0.271. The second-order valence-electron chi connectivity index (χ2n) is 9.15. The highest BCUT2D eigenvalue weighted by atomic mass is 32.2. The van der Waals surface area contributed by atoms with Gasteiger partial charge in [0.25, 0.3) is 5.69 Å². The third-order valence-electron chi connectivity index (χ3n) is 6.10. The van der Waals surface area contributed by atoms with Gasteiger partial charge < -0.3 is 10.2 Å². The number of nitro benzene ring substituents is 1. The van der Waals surface area contributed by atoms with Crippen LogP contribution in [0.5, 0.6) is 0 Å². The molecule has 206 valence electrons. The maximum absolute atomic E-state index is 13.9. The number of carbonyl (C=O) groups is 2. The zero-order chi connectivity index (χ0) is 28.6. The van der Waals surface area contributed by atoms with Crippen LogP contribution in [0.3, 0.4) is 0 Å². The summed E-state index contributed by atoms with van der Waals surface area (Å²) in [5.41, 5.74) is 2.28. The van der Waals surface area contributed by atoms with E-state index in [9.17, 15) is 28.1 Å². The van der Waals surface area contributed by atoms with Crippen LogP contribution in [0.25, 0.3) is 0 Å². The fourth-order valence-corrected chi connectivity index (χ4v) is 4.95. The van der Waals surface area contributed by atoms with E-state index in [1.165, 1.54) is 23.1 Å². The van der Waals surface area contributed by atoms with Crippen molar-refractivity contribution in [2.24, 2.45) is 0 Å². The highest BCUT2D eigenvalue weighted by Crippen LogP contribution is 2.24. The van der Waals surface area contributed by atoms with Crippen molar-refractivity contribution in [3.8, 4) is 0 Å². The summed E-state index contributed by atoms with van der Waals surface area (Å²) in [5, 5.41) is 14.1. The number of aryl methyl sites for hydroxylation is 1. The average molecular weight is 553 g/mol. The molecule has 2 amide bonds. The van der Waals surface area contributed by atoms with E-state index in [-0.39, 0.29) is 30.2 Å². The van der Waals surface area contributed by atoms with Crippen molar-refractivity contribution in [1.29, 1.82) is 0 Å². The first-order valence-corrected chi connectivity index (χ1v) is 14.2. The van der Waals surface area contributed by atoms with Crippen LogP contribution in [0, 0.1) is 17.0 Å². The highest BCUT2D eigenvalue weighted by molar-refractivity contribution is 7.92. The van der Waals surface area contributed by atoms with Crippen LogP contribution >= 0.6 is 0 Å². The molecule has 0 fully saturated rings.